The van der Waals surface area contributed by atoms with E-state index < -0.39 is 0 Å². The molecule has 0 bridgehead atoms. The molecular weight excluding hydrogens is 270 g/mol. The van der Waals surface area contributed by atoms with Crippen molar-refractivity contribution < 1.29 is 9.53 Å². The molecule has 7 nitrogen and oxygen atoms in total. The zero-order chi connectivity index (χ0) is 13.7. The van der Waals surface area contributed by atoms with Crippen molar-refractivity contribution in [2.45, 2.75) is 13.5 Å². The van der Waals surface area contributed by atoms with Crippen molar-refractivity contribution in [3.8, 4) is 5.75 Å². The van der Waals surface area contributed by atoms with Crippen LogP contribution >= 0.6 is 11.6 Å². The summed E-state index contributed by atoms with van der Waals surface area (Å²) in [7, 11) is 0. The molecular formula is C11H12ClN5O2. The third-order valence-corrected chi connectivity index (χ3v) is 2.76. The van der Waals surface area contributed by atoms with Gasteiger partial charge in [-0.05, 0) is 30.7 Å². The van der Waals surface area contributed by atoms with Crippen LogP contribution in [0.15, 0.2) is 18.2 Å². The van der Waals surface area contributed by atoms with Crippen molar-refractivity contribution in [1.29, 1.82) is 0 Å². The van der Waals surface area contributed by atoms with Crippen LogP contribution in [0.1, 0.15) is 11.4 Å². The average Bonchev–Trinajstić information content (AvgIpc) is 2.91. The van der Waals surface area contributed by atoms with Gasteiger partial charge in [-0.1, -0.05) is 16.8 Å². The number of nitrogens with zero attached hydrogens (tertiary/aromatic N) is 3. The second-order valence-electron chi connectivity index (χ2n) is 3.80. The lowest BCUT2D eigenvalue weighted by molar-refractivity contribution is -0.123. The van der Waals surface area contributed by atoms with Gasteiger partial charge in [0.1, 0.15) is 5.75 Å². The molecule has 0 spiro atoms. The molecule has 0 radical (unpaired) electrons. The van der Waals surface area contributed by atoms with Crippen LogP contribution in [0.3, 0.4) is 0 Å². The first-order valence-electron chi connectivity index (χ1n) is 5.53. The van der Waals surface area contributed by atoms with Crippen LogP contribution in [0.5, 0.6) is 5.75 Å². The molecule has 0 atom stereocenters. The number of ether oxygens (including phenoxy) is 1. The number of halogens is 1. The number of benzene rings is 1. The van der Waals surface area contributed by atoms with Crippen LogP contribution in [-0.4, -0.2) is 33.1 Å². The lowest BCUT2D eigenvalue weighted by Crippen LogP contribution is -2.28. The topological polar surface area (TPSA) is 92.8 Å². The molecule has 19 heavy (non-hydrogen) atoms. The Balaban J connectivity index is 1.78. The Bertz CT molecular complexity index is 558. The molecule has 2 rings (SSSR count). The van der Waals surface area contributed by atoms with E-state index in [2.05, 4.69) is 25.9 Å². The van der Waals surface area contributed by atoms with E-state index in [4.69, 9.17) is 16.3 Å². The lowest BCUT2D eigenvalue weighted by Gasteiger charge is -2.07. The van der Waals surface area contributed by atoms with Gasteiger partial charge in [0.25, 0.3) is 5.91 Å². The van der Waals surface area contributed by atoms with Gasteiger partial charge < -0.3 is 10.1 Å². The van der Waals surface area contributed by atoms with Crippen LogP contribution in [0, 0.1) is 6.92 Å². The van der Waals surface area contributed by atoms with E-state index in [1.807, 2.05) is 6.92 Å². The van der Waals surface area contributed by atoms with Crippen molar-refractivity contribution in [1.82, 2.24) is 25.9 Å². The summed E-state index contributed by atoms with van der Waals surface area (Å²) in [4.78, 5) is 11.5. The van der Waals surface area contributed by atoms with Gasteiger partial charge in [0, 0.05) is 5.02 Å². The zero-order valence-corrected chi connectivity index (χ0v) is 10.9. The minimum absolute atomic E-state index is 0.0844. The number of tetrazole rings is 1. The van der Waals surface area contributed by atoms with E-state index in [9.17, 15) is 4.79 Å². The molecule has 0 unspecified atom stereocenters. The van der Waals surface area contributed by atoms with Gasteiger partial charge in [-0.25, -0.2) is 0 Å². The van der Waals surface area contributed by atoms with E-state index >= 15 is 0 Å². The molecule has 100 valence electrons. The van der Waals surface area contributed by atoms with Crippen molar-refractivity contribution in [2.75, 3.05) is 6.61 Å². The highest BCUT2D eigenvalue weighted by Crippen LogP contribution is 2.20. The molecule has 1 amide bonds. The maximum atomic E-state index is 11.5. The molecule has 1 aromatic carbocycles. The van der Waals surface area contributed by atoms with Crippen molar-refractivity contribution in [2.24, 2.45) is 0 Å². The summed E-state index contributed by atoms with van der Waals surface area (Å²) in [6, 6.07) is 5.21. The number of carbonyl (C=O) groups is 1. The van der Waals surface area contributed by atoms with Crippen LogP contribution in [0.25, 0.3) is 0 Å². The van der Waals surface area contributed by atoms with Gasteiger partial charge in [0.05, 0.1) is 6.54 Å². The fraction of sp³-hybridized carbons (Fsp3) is 0.273. The van der Waals surface area contributed by atoms with Crippen molar-refractivity contribution in [3.05, 3.63) is 34.6 Å². The fourth-order valence-corrected chi connectivity index (χ4v) is 1.46. The first-order chi connectivity index (χ1) is 9.15. The molecule has 1 heterocycles. The van der Waals surface area contributed by atoms with E-state index in [1.165, 1.54) is 0 Å². The largest absolute Gasteiger partial charge is 0.484 e. The third kappa shape index (κ3) is 3.92. The molecule has 0 aliphatic rings. The van der Waals surface area contributed by atoms with E-state index in [0.29, 0.717) is 16.6 Å². The van der Waals surface area contributed by atoms with Crippen molar-refractivity contribution in [3.63, 3.8) is 0 Å². The predicted molar refractivity (Wildman–Crippen MR) is 67.7 cm³/mol. The highest BCUT2D eigenvalue weighted by atomic mass is 35.5. The molecule has 1 aromatic heterocycles. The smallest absolute Gasteiger partial charge is 0.258 e. The number of aromatic amines is 1. The number of aromatic nitrogens is 4. The van der Waals surface area contributed by atoms with Gasteiger partial charge in [-0.2, -0.15) is 5.21 Å². The number of amides is 1. The van der Waals surface area contributed by atoms with Gasteiger partial charge in [-0.3, -0.25) is 4.79 Å². The van der Waals surface area contributed by atoms with Crippen LogP contribution in [0.2, 0.25) is 5.02 Å². The standard InChI is InChI=1S/C11H12ClN5O2/c1-7-4-8(2-3-9(7)12)19-6-11(18)13-5-10-14-16-17-15-10/h2-4H,5-6H2,1H3,(H,13,18)(H,14,15,16,17). The van der Waals surface area contributed by atoms with Gasteiger partial charge in [-0.15, -0.1) is 10.2 Å². The molecule has 0 saturated heterocycles. The quantitative estimate of drug-likeness (QED) is 0.848. The van der Waals surface area contributed by atoms with Gasteiger partial charge in [0.15, 0.2) is 12.4 Å². The highest BCUT2D eigenvalue weighted by Gasteiger charge is 2.05. The first kappa shape index (κ1) is 13.3. The second-order valence-corrected chi connectivity index (χ2v) is 4.21. The summed E-state index contributed by atoms with van der Waals surface area (Å²) in [6.45, 7) is 1.99. The summed E-state index contributed by atoms with van der Waals surface area (Å²) in [5.41, 5.74) is 0.895. The van der Waals surface area contributed by atoms with Crippen LogP contribution in [-0.2, 0) is 11.3 Å². The Morgan fingerprint density at radius 2 is 2.37 bits per heavy atom. The maximum Gasteiger partial charge on any atom is 0.258 e. The highest BCUT2D eigenvalue weighted by molar-refractivity contribution is 6.31. The number of hydrogen-bond acceptors (Lipinski definition) is 5. The van der Waals surface area contributed by atoms with E-state index in [-0.39, 0.29) is 19.1 Å². The van der Waals surface area contributed by atoms with Crippen LogP contribution < -0.4 is 10.1 Å². The normalized spacial score (nSPS) is 10.2. The Morgan fingerprint density at radius 3 is 3.05 bits per heavy atom. The van der Waals surface area contributed by atoms with Gasteiger partial charge in [0.2, 0.25) is 0 Å². The monoisotopic (exact) mass is 281 g/mol. The number of nitrogens with one attached hydrogen (secondary N) is 2. The molecule has 8 heteroatoms. The average molecular weight is 282 g/mol. The number of hydrogen-bond donors (Lipinski definition) is 2. The molecule has 2 aromatic rings. The summed E-state index contributed by atoms with van der Waals surface area (Å²) in [5.74, 6) is 0.740. The molecule has 0 saturated carbocycles. The summed E-state index contributed by atoms with van der Waals surface area (Å²) < 4.78 is 5.34. The Morgan fingerprint density at radius 1 is 1.53 bits per heavy atom. The molecule has 0 aliphatic carbocycles. The van der Waals surface area contributed by atoms with E-state index in [1.54, 1.807) is 18.2 Å². The maximum absolute atomic E-state index is 11.5. The number of rotatable bonds is 5. The number of carbonyl (C=O) groups excluding carboxylic acids is 1. The number of H-pyrrole nitrogens is 1. The summed E-state index contributed by atoms with van der Waals surface area (Å²) in [6.07, 6.45) is 0. The lowest BCUT2D eigenvalue weighted by atomic mass is 10.2. The summed E-state index contributed by atoms with van der Waals surface area (Å²) in [5, 5.41) is 16.4. The SMILES string of the molecule is Cc1cc(OCC(=O)NCc2nn[nH]n2)ccc1Cl. The fourth-order valence-electron chi connectivity index (χ4n) is 1.34. The van der Waals surface area contributed by atoms with Gasteiger partial charge >= 0.3 is 0 Å². The minimum Gasteiger partial charge on any atom is -0.484 e. The Hall–Kier alpha value is -2.15. The third-order valence-electron chi connectivity index (χ3n) is 2.33. The second kappa shape index (κ2) is 6.14. The summed E-state index contributed by atoms with van der Waals surface area (Å²) >= 11 is 5.89. The molecule has 0 aliphatic heterocycles. The zero-order valence-electron chi connectivity index (χ0n) is 10.2. The van der Waals surface area contributed by atoms with E-state index in [0.717, 1.165) is 5.56 Å². The first-order valence-corrected chi connectivity index (χ1v) is 5.91. The number of aryl methyl sites for hydroxylation is 1. The van der Waals surface area contributed by atoms with Crippen molar-refractivity contribution >= 4 is 17.5 Å². The Labute approximate surface area is 114 Å². The molecule has 0 fully saturated rings. The minimum atomic E-state index is -0.266. The predicted octanol–water partition coefficient (Wildman–Crippen LogP) is 0.857. The Kier molecular flexibility index (Phi) is 4.30. The molecule has 2 N–H and O–H groups in total. The van der Waals surface area contributed by atoms with Crippen LogP contribution in [0.4, 0.5) is 0 Å².